The molecule has 0 radical (unpaired) electrons. The van der Waals surface area contributed by atoms with Crippen molar-refractivity contribution in [3.8, 4) is 0 Å². The van der Waals surface area contributed by atoms with Crippen LogP contribution in [-0.4, -0.2) is 34.2 Å². The van der Waals surface area contributed by atoms with E-state index in [2.05, 4.69) is 0 Å². The van der Waals surface area contributed by atoms with Crippen molar-refractivity contribution >= 4 is 12.1 Å². The molecule has 126 valence electrons. The molecular weight excluding hydrogens is 294 g/mol. The van der Waals surface area contributed by atoms with E-state index < -0.39 is 17.6 Å². The van der Waals surface area contributed by atoms with Gasteiger partial charge in [-0.3, -0.25) is 4.90 Å². The van der Waals surface area contributed by atoms with Crippen LogP contribution in [0.4, 0.5) is 4.79 Å². The number of carboxylic acid groups (broad SMARTS) is 1. The third-order valence-electron chi connectivity index (χ3n) is 4.64. The number of nitrogens with zero attached hydrogens (tertiary/aromatic N) is 1. The van der Waals surface area contributed by atoms with Crippen molar-refractivity contribution in [2.24, 2.45) is 5.41 Å². The maximum absolute atomic E-state index is 12.5. The van der Waals surface area contributed by atoms with Crippen molar-refractivity contribution in [2.45, 2.75) is 52.2 Å². The van der Waals surface area contributed by atoms with E-state index in [0.29, 0.717) is 19.4 Å². The van der Waals surface area contributed by atoms with Gasteiger partial charge in [-0.2, -0.15) is 0 Å². The monoisotopic (exact) mass is 319 g/mol. The van der Waals surface area contributed by atoms with Crippen LogP contribution in [0.3, 0.4) is 0 Å². The minimum Gasteiger partial charge on any atom is -0.479 e. The number of likely N-dealkylation sites (N-methyl/N-ethyl adjacent to an activating group) is 1. The van der Waals surface area contributed by atoms with E-state index in [9.17, 15) is 14.7 Å². The van der Waals surface area contributed by atoms with E-state index in [1.807, 2.05) is 44.2 Å². The Labute approximate surface area is 137 Å². The number of ether oxygens (including phenoxy) is 1. The summed E-state index contributed by atoms with van der Waals surface area (Å²) < 4.78 is 5.36. The SMILES string of the molecule is CCN(C(=O)OCc1ccccc1)C1(C(=O)O)CCC(C)(C)C1. The first-order valence-electron chi connectivity index (χ1n) is 8.02. The van der Waals surface area contributed by atoms with Gasteiger partial charge in [0, 0.05) is 6.54 Å². The van der Waals surface area contributed by atoms with Gasteiger partial charge >= 0.3 is 12.1 Å². The highest BCUT2D eigenvalue weighted by atomic mass is 16.6. The Hall–Kier alpha value is -2.04. The number of carbonyl (C=O) groups is 2. The van der Waals surface area contributed by atoms with Crippen LogP contribution in [0.15, 0.2) is 30.3 Å². The Kier molecular flexibility index (Phi) is 4.97. The number of rotatable bonds is 5. The van der Waals surface area contributed by atoms with Gasteiger partial charge in [0.25, 0.3) is 0 Å². The number of hydrogen-bond donors (Lipinski definition) is 1. The smallest absolute Gasteiger partial charge is 0.411 e. The van der Waals surface area contributed by atoms with Gasteiger partial charge in [-0.25, -0.2) is 9.59 Å². The molecule has 0 saturated heterocycles. The maximum atomic E-state index is 12.5. The van der Waals surface area contributed by atoms with Gasteiger partial charge < -0.3 is 9.84 Å². The minimum absolute atomic E-state index is 0.0917. The molecule has 1 fully saturated rings. The first kappa shape index (κ1) is 17.3. The van der Waals surface area contributed by atoms with Gasteiger partial charge in [0.05, 0.1) is 0 Å². The van der Waals surface area contributed by atoms with E-state index in [-0.39, 0.29) is 12.0 Å². The lowest BCUT2D eigenvalue weighted by Crippen LogP contribution is -2.56. The zero-order chi connectivity index (χ0) is 17.1. The van der Waals surface area contributed by atoms with E-state index in [1.165, 1.54) is 4.90 Å². The topological polar surface area (TPSA) is 66.8 Å². The van der Waals surface area contributed by atoms with Crippen LogP contribution in [0.1, 0.15) is 45.6 Å². The van der Waals surface area contributed by atoms with Gasteiger partial charge in [0.2, 0.25) is 0 Å². The van der Waals surface area contributed by atoms with Crippen LogP contribution in [0, 0.1) is 5.41 Å². The van der Waals surface area contributed by atoms with Gasteiger partial charge in [0.15, 0.2) is 0 Å². The first-order valence-corrected chi connectivity index (χ1v) is 8.02. The second kappa shape index (κ2) is 6.60. The van der Waals surface area contributed by atoms with Crippen molar-refractivity contribution in [1.82, 2.24) is 4.90 Å². The molecule has 0 heterocycles. The average molecular weight is 319 g/mol. The highest BCUT2D eigenvalue weighted by molar-refractivity contribution is 5.85. The lowest BCUT2D eigenvalue weighted by atomic mass is 9.87. The normalized spacial score (nSPS) is 22.6. The predicted molar refractivity (Wildman–Crippen MR) is 87.0 cm³/mol. The summed E-state index contributed by atoms with van der Waals surface area (Å²) in [5, 5.41) is 9.78. The lowest BCUT2D eigenvalue weighted by Gasteiger charge is -2.37. The fourth-order valence-electron chi connectivity index (χ4n) is 3.45. The molecule has 1 N–H and O–H groups in total. The average Bonchev–Trinajstić information content (AvgIpc) is 2.84. The van der Waals surface area contributed by atoms with Crippen LogP contribution < -0.4 is 0 Å². The quantitative estimate of drug-likeness (QED) is 0.899. The van der Waals surface area contributed by atoms with Gasteiger partial charge in [-0.1, -0.05) is 44.2 Å². The molecule has 1 aromatic rings. The fraction of sp³-hybridized carbons (Fsp3) is 0.556. The van der Waals surface area contributed by atoms with Crippen LogP contribution in [0.5, 0.6) is 0 Å². The van der Waals surface area contributed by atoms with Crippen LogP contribution in [0.2, 0.25) is 0 Å². The zero-order valence-electron chi connectivity index (χ0n) is 14.0. The Morgan fingerprint density at radius 1 is 1.22 bits per heavy atom. The third-order valence-corrected chi connectivity index (χ3v) is 4.64. The number of carboxylic acids is 1. The third kappa shape index (κ3) is 3.66. The molecule has 5 nitrogen and oxygen atoms in total. The highest BCUT2D eigenvalue weighted by Gasteiger charge is 2.54. The molecule has 1 aromatic carbocycles. The molecule has 0 aliphatic heterocycles. The van der Waals surface area contributed by atoms with Gasteiger partial charge in [0.1, 0.15) is 12.1 Å². The summed E-state index contributed by atoms with van der Waals surface area (Å²) in [6.45, 7) is 6.34. The molecule has 1 aliphatic rings. The van der Waals surface area contributed by atoms with Crippen LogP contribution >= 0.6 is 0 Å². The summed E-state index contributed by atoms with van der Waals surface area (Å²) in [7, 11) is 0. The number of aliphatic carboxylic acids is 1. The molecule has 1 atom stereocenters. The number of carbonyl (C=O) groups excluding carboxylic acids is 1. The molecule has 2 rings (SSSR count). The lowest BCUT2D eigenvalue weighted by molar-refractivity contribution is -0.150. The minimum atomic E-state index is -1.16. The molecule has 1 aliphatic carbocycles. The molecule has 0 aromatic heterocycles. The summed E-state index contributed by atoms with van der Waals surface area (Å²) >= 11 is 0. The largest absolute Gasteiger partial charge is 0.479 e. The number of benzene rings is 1. The Morgan fingerprint density at radius 2 is 1.87 bits per heavy atom. The number of amides is 1. The predicted octanol–water partition coefficient (Wildman–Crippen LogP) is 3.68. The molecule has 1 unspecified atom stereocenters. The molecule has 0 bridgehead atoms. The second-order valence-corrected chi connectivity index (χ2v) is 6.96. The van der Waals surface area contributed by atoms with Gasteiger partial charge in [-0.05, 0) is 37.2 Å². The van der Waals surface area contributed by atoms with Crippen LogP contribution in [-0.2, 0) is 16.1 Å². The summed E-state index contributed by atoms with van der Waals surface area (Å²) in [4.78, 5) is 25.8. The Balaban J connectivity index is 2.13. The van der Waals surface area contributed by atoms with Crippen LogP contribution in [0.25, 0.3) is 0 Å². The summed E-state index contributed by atoms with van der Waals surface area (Å²) in [5.74, 6) is -0.943. The number of hydrogen-bond acceptors (Lipinski definition) is 3. The van der Waals surface area contributed by atoms with E-state index in [1.54, 1.807) is 6.92 Å². The van der Waals surface area contributed by atoms with Gasteiger partial charge in [-0.15, -0.1) is 0 Å². The molecule has 1 saturated carbocycles. The van der Waals surface area contributed by atoms with E-state index in [4.69, 9.17) is 4.74 Å². The van der Waals surface area contributed by atoms with E-state index in [0.717, 1.165) is 12.0 Å². The van der Waals surface area contributed by atoms with Crippen molar-refractivity contribution < 1.29 is 19.4 Å². The summed E-state index contributed by atoms with van der Waals surface area (Å²) in [6, 6.07) is 9.38. The maximum Gasteiger partial charge on any atom is 0.411 e. The van der Waals surface area contributed by atoms with Crippen molar-refractivity contribution in [3.63, 3.8) is 0 Å². The first-order chi connectivity index (χ1) is 10.8. The molecule has 23 heavy (non-hydrogen) atoms. The van der Waals surface area contributed by atoms with Crippen molar-refractivity contribution in [3.05, 3.63) is 35.9 Å². The molecule has 1 amide bonds. The standard InChI is InChI=1S/C18H25NO4/c1-4-19(16(22)23-12-14-8-6-5-7-9-14)18(15(20)21)11-10-17(2,3)13-18/h5-9H,4,10-13H2,1-3H3,(H,20,21). The van der Waals surface area contributed by atoms with Crippen molar-refractivity contribution in [1.29, 1.82) is 0 Å². The zero-order valence-corrected chi connectivity index (χ0v) is 14.0. The summed E-state index contributed by atoms with van der Waals surface area (Å²) in [6.07, 6.45) is 1.13. The molecule has 0 spiro atoms. The Morgan fingerprint density at radius 3 is 2.35 bits per heavy atom. The highest BCUT2D eigenvalue weighted by Crippen LogP contribution is 2.47. The van der Waals surface area contributed by atoms with E-state index >= 15 is 0 Å². The Bertz CT molecular complexity index is 570. The molecule has 5 heteroatoms. The van der Waals surface area contributed by atoms with Crippen molar-refractivity contribution in [2.75, 3.05) is 6.54 Å². The fourth-order valence-corrected chi connectivity index (χ4v) is 3.45. The second-order valence-electron chi connectivity index (χ2n) is 6.96. The summed E-state index contributed by atoms with van der Waals surface area (Å²) in [5.41, 5.74) is -0.370. The molecular formula is C18H25NO4.